The van der Waals surface area contributed by atoms with Crippen molar-refractivity contribution in [1.82, 2.24) is 4.98 Å². The molecular formula is C9H9BrN2S. The molecule has 0 atom stereocenters. The molecule has 0 radical (unpaired) electrons. The highest BCUT2D eigenvalue weighted by molar-refractivity contribution is 9.10. The molecule has 1 aromatic carbocycles. The highest BCUT2D eigenvalue weighted by Crippen LogP contribution is 2.34. The third kappa shape index (κ3) is 1.34. The Morgan fingerprint density at radius 2 is 2.15 bits per heavy atom. The molecule has 4 heteroatoms. The fourth-order valence-corrected chi connectivity index (χ4v) is 2.76. The number of nitrogens with zero attached hydrogens (tertiary/aromatic N) is 1. The SMILES string of the molecule is Cc1nc2c(N)c(Br)cc(C)c2s1. The lowest BCUT2D eigenvalue weighted by atomic mass is 10.2. The molecular weight excluding hydrogens is 248 g/mol. The van der Waals surface area contributed by atoms with Crippen LogP contribution in [0.4, 0.5) is 5.69 Å². The molecule has 2 rings (SSSR count). The topological polar surface area (TPSA) is 38.9 Å². The van der Waals surface area contributed by atoms with E-state index in [4.69, 9.17) is 5.73 Å². The van der Waals surface area contributed by atoms with Crippen LogP contribution >= 0.6 is 27.3 Å². The second kappa shape index (κ2) is 2.96. The summed E-state index contributed by atoms with van der Waals surface area (Å²) < 4.78 is 2.13. The standard InChI is InChI=1S/C9H9BrN2S/c1-4-3-6(10)7(11)8-9(4)13-5(2)12-8/h3H,11H2,1-2H3. The van der Waals surface area contributed by atoms with Gasteiger partial charge < -0.3 is 5.73 Å². The summed E-state index contributed by atoms with van der Waals surface area (Å²) in [6.45, 7) is 4.07. The second-order valence-corrected chi connectivity index (χ2v) is 5.06. The smallest absolute Gasteiger partial charge is 0.106 e. The van der Waals surface area contributed by atoms with Crippen molar-refractivity contribution < 1.29 is 0 Å². The van der Waals surface area contributed by atoms with Crippen molar-refractivity contribution in [2.45, 2.75) is 13.8 Å². The van der Waals surface area contributed by atoms with Crippen LogP contribution in [0.25, 0.3) is 10.2 Å². The lowest BCUT2D eigenvalue weighted by Gasteiger charge is -2.01. The molecule has 0 aliphatic rings. The van der Waals surface area contributed by atoms with Crippen molar-refractivity contribution >= 4 is 43.2 Å². The summed E-state index contributed by atoms with van der Waals surface area (Å²) in [6, 6.07) is 2.04. The lowest BCUT2D eigenvalue weighted by Crippen LogP contribution is -1.89. The summed E-state index contributed by atoms with van der Waals surface area (Å²) in [7, 11) is 0. The molecule has 0 aliphatic carbocycles. The second-order valence-electron chi connectivity index (χ2n) is 3.00. The molecule has 0 fully saturated rings. The van der Waals surface area contributed by atoms with E-state index in [9.17, 15) is 0 Å². The zero-order valence-corrected chi connectivity index (χ0v) is 9.79. The van der Waals surface area contributed by atoms with Crippen molar-refractivity contribution in [2.75, 3.05) is 5.73 Å². The van der Waals surface area contributed by atoms with Gasteiger partial charge in [-0.3, -0.25) is 0 Å². The average Bonchev–Trinajstić information content (AvgIpc) is 2.44. The molecule has 0 amide bonds. The average molecular weight is 257 g/mol. The number of nitrogens with two attached hydrogens (primary N) is 1. The Morgan fingerprint density at radius 1 is 1.46 bits per heavy atom. The summed E-state index contributed by atoms with van der Waals surface area (Å²) in [5.74, 6) is 0. The van der Waals surface area contributed by atoms with Crippen molar-refractivity contribution in [3.05, 3.63) is 21.1 Å². The zero-order valence-electron chi connectivity index (χ0n) is 7.39. The molecule has 0 saturated carbocycles. The molecule has 0 bridgehead atoms. The van der Waals surface area contributed by atoms with Crippen LogP contribution < -0.4 is 5.73 Å². The van der Waals surface area contributed by atoms with E-state index in [1.54, 1.807) is 11.3 Å². The van der Waals surface area contributed by atoms with Gasteiger partial charge in [-0.1, -0.05) is 0 Å². The van der Waals surface area contributed by atoms with Gasteiger partial charge in [0.1, 0.15) is 5.52 Å². The molecule has 0 aliphatic heterocycles. The molecule has 2 nitrogen and oxygen atoms in total. The van der Waals surface area contributed by atoms with Gasteiger partial charge in [0.05, 0.1) is 15.4 Å². The first kappa shape index (κ1) is 8.97. The number of rotatable bonds is 0. The predicted octanol–water partition coefficient (Wildman–Crippen LogP) is 3.26. The Hall–Kier alpha value is -0.610. The van der Waals surface area contributed by atoms with E-state index in [0.29, 0.717) is 0 Å². The van der Waals surface area contributed by atoms with Crippen LogP contribution in [0.3, 0.4) is 0 Å². The monoisotopic (exact) mass is 256 g/mol. The third-order valence-corrected chi connectivity index (χ3v) is 3.71. The summed E-state index contributed by atoms with van der Waals surface area (Å²) in [4.78, 5) is 4.40. The third-order valence-electron chi connectivity index (χ3n) is 1.95. The number of aryl methyl sites for hydroxylation is 2. The van der Waals surface area contributed by atoms with E-state index in [1.807, 2.05) is 13.0 Å². The predicted molar refractivity (Wildman–Crippen MR) is 61.2 cm³/mol. The number of hydrogen-bond donors (Lipinski definition) is 1. The molecule has 2 N–H and O–H groups in total. The number of aromatic nitrogens is 1. The normalized spacial score (nSPS) is 11.0. The van der Waals surface area contributed by atoms with Crippen molar-refractivity contribution in [3.8, 4) is 0 Å². The highest BCUT2D eigenvalue weighted by Gasteiger charge is 2.09. The van der Waals surface area contributed by atoms with Gasteiger partial charge in [-0.25, -0.2) is 4.98 Å². The number of fused-ring (bicyclic) bond motifs is 1. The van der Waals surface area contributed by atoms with Crippen LogP contribution in [-0.4, -0.2) is 4.98 Å². The number of anilines is 1. The first-order chi connectivity index (χ1) is 6.09. The fourth-order valence-electron chi connectivity index (χ4n) is 1.32. The quantitative estimate of drug-likeness (QED) is 0.736. The minimum absolute atomic E-state index is 0.741. The van der Waals surface area contributed by atoms with Gasteiger partial charge >= 0.3 is 0 Å². The Balaban J connectivity index is 2.95. The van der Waals surface area contributed by atoms with Crippen LogP contribution in [0.15, 0.2) is 10.5 Å². The van der Waals surface area contributed by atoms with E-state index < -0.39 is 0 Å². The van der Waals surface area contributed by atoms with Crippen LogP contribution in [0.1, 0.15) is 10.6 Å². The van der Waals surface area contributed by atoms with Gasteiger partial charge in [0.25, 0.3) is 0 Å². The molecule has 0 spiro atoms. The van der Waals surface area contributed by atoms with Gasteiger partial charge in [-0.05, 0) is 41.4 Å². The van der Waals surface area contributed by atoms with E-state index in [2.05, 4.69) is 27.8 Å². The minimum Gasteiger partial charge on any atom is -0.396 e. The van der Waals surface area contributed by atoms with Crippen molar-refractivity contribution in [1.29, 1.82) is 0 Å². The molecule has 0 unspecified atom stereocenters. The fraction of sp³-hybridized carbons (Fsp3) is 0.222. The maximum atomic E-state index is 5.90. The number of halogens is 1. The number of benzene rings is 1. The van der Waals surface area contributed by atoms with Crippen molar-refractivity contribution in [3.63, 3.8) is 0 Å². The van der Waals surface area contributed by atoms with Gasteiger partial charge in [0, 0.05) is 4.47 Å². The van der Waals surface area contributed by atoms with E-state index in [0.717, 1.165) is 20.7 Å². The summed E-state index contributed by atoms with van der Waals surface area (Å²) in [5, 5.41) is 1.06. The minimum atomic E-state index is 0.741. The largest absolute Gasteiger partial charge is 0.396 e. The van der Waals surface area contributed by atoms with Crippen molar-refractivity contribution in [2.24, 2.45) is 0 Å². The first-order valence-corrected chi connectivity index (χ1v) is 5.52. The Labute approximate surface area is 88.9 Å². The van der Waals surface area contributed by atoms with Crippen LogP contribution in [0, 0.1) is 13.8 Å². The lowest BCUT2D eigenvalue weighted by molar-refractivity contribution is 1.34. The Morgan fingerprint density at radius 3 is 2.85 bits per heavy atom. The molecule has 1 heterocycles. The zero-order chi connectivity index (χ0) is 9.59. The summed E-state index contributed by atoms with van der Waals surface area (Å²) >= 11 is 5.11. The number of hydrogen-bond acceptors (Lipinski definition) is 3. The Kier molecular flexibility index (Phi) is 2.04. The van der Waals surface area contributed by atoms with E-state index in [-0.39, 0.29) is 0 Å². The van der Waals surface area contributed by atoms with E-state index >= 15 is 0 Å². The van der Waals surface area contributed by atoms with Gasteiger partial charge in [0.2, 0.25) is 0 Å². The van der Waals surface area contributed by atoms with E-state index in [1.165, 1.54) is 10.3 Å². The first-order valence-electron chi connectivity index (χ1n) is 3.91. The number of thiazole rings is 1. The van der Waals surface area contributed by atoms with Gasteiger partial charge in [-0.2, -0.15) is 0 Å². The molecule has 0 saturated heterocycles. The highest BCUT2D eigenvalue weighted by atomic mass is 79.9. The summed E-state index contributed by atoms with van der Waals surface area (Å²) in [6.07, 6.45) is 0. The maximum Gasteiger partial charge on any atom is 0.106 e. The maximum absolute atomic E-state index is 5.90. The van der Waals surface area contributed by atoms with Gasteiger partial charge in [0.15, 0.2) is 0 Å². The number of nitrogen functional groups attached to an aromatic ring is 1. The molecule has 68 valence electrons. The van der Waals surface area contributed by atoms with Crippen LogP contribution in [0.5, 0.6) is 0 Å². The molecule has 1 aromatic heterocycles. The van der Waals surface area contributed by atoms with Crippen LogP contribution in [0.2, 0.25) is 0 Å². The summed E-state index contributed by atoms with van der Waals surface area (Å²) in [5.41, 5.74) is 8.79. The van der Waals surface area contributed by atoms with Gasteiger partial charge in [-0.15, -0.1) is 11.3 Å². The molecule has 13 heavy (non-hydrogen) atoms. The molecule has 2 aromatic rings. The van der Waals surface area contributed by atoms with Crippen LogP contribution in [-0.2, 0) is 0 Å². The Bertz CT molecular complexity index is 476.